The maximum atomic E-state index is 9.55. The van der Waals surface area contributed by atoms with Gasteiger partial charge in [-0.25, -0.2) is 9.59 Å². The van der Waals surface area contributed by atoms with E-state index in [0.717, 1.165) is 18.1 Å². The van der Waals surface area contributed by atoms with Crippen molar-refractivity contribution >= 4 is 41.1 Å². The van der Waals surface area contributed by atoms with Gasteiger partial charge in [-0.15, -0.1) is 0 Å². The number of hydrogen-bond donors (Lipinski definition) is 4. The van der Waals surface area contributed by atoms with Gasteiger partial charge in [-0.1, -0.05) is 29.3 Å². The number of carboxylic acid groups (broad SMARTS) is 2. The summed E-state index contributed by atoms with van der Waals surface area (Å²) >= 11 is 12.2. The lowest BCUT2D eigenvalue weighted by atomic mass is 10.1. The van der Waals surface area contributed by atoms with Crippen LogP contribution in [0.2, 0.25) is 10.0 Å². The van der Waals surface area contributed by atoms with Gasteiger partial charge in [-0.05, 0) is 12.1 Å². The van der Waals surface area contributed by atoms with E-state index in [1.54, 1.807) is 7.05 Å². The fourth-order valence-electron chi connectivity index (χ4n) is 1.77. The van der Waals surface area contributed by atoms with Crippen molar-refractivity contribution in [3.8, 4) is 0 Å². The molecule has 0 spiro atoms. The van der Waals surface area contributed by atoms with Gasteiger partial charge in [0.25, 0.3) is 0 Å². The summed E-state index contributed by atoms with van der Waals surface area (Å²) in [6, 6.07) is 5.60. The number of carboxylic acids is 2. The summed E-state index contributed by atoms with van der Waals surface area (Å²) in [7, 11) is 1.73. The first-order valence-electron chi connectivity index (χ1n) is 6.40. The number of benzene rings is 1. The van der Waals surface area contributed by atoms with Crippen molar-refractivity contribution in [2.24, 2.45) is 4.99 Å². The number of rotatable bonds is 3. The van der Waals surface area contributed by atoms with Crippen LogP contribution in [-0.2, 0) is 9.59 Å². The Balaban J connectivity index is 0.000000284. The van der Waals surface area contributed by atoms with Crippen LogP contribution < -0.4 is 10.6 Å². The van der Waals surface area contributed by atoms with E-state index < -0.39 is 11.9 Å². The van der Waals surface area contributed by atoms with Crippen LogP contribution in [0.15, 0.2) is 35.3 Å². The fraction of sp³-hybridized carbons (Fsp3) is 0.214. The molecule has 0 amide bonds. The summed E-state index contributed by atoms with van der Waals surface area (Å²) in [5.41, 5.74) is 0.923. The van der Waals surface area contributed by atoms with E-state index in [4.69, 9.17) is 33.4 Å². The van der Waals surface area contributed by atoms with Gasteiger partial charge in [-0.2, -0.15) is 0 Å². The summed E-state index contributed by atoms with van der Waals surface area (Å²) in [6.07, 6.45) is 1.12. The highest BCUT2D eigenvalue weighted by atomic mass is 35.5. The Bertz CT molecular complexity index is 611. The summed E-state index contributed by atoms with van der Waals surface area (Å²) in [4.78, 5) is 23.1. The molecule has 0 bridgehead atoms. The van der Waals surface area contributed by atoms with Crippen LogP contribution in [0.4, 0.5) is 0 Å². The quantitative estimate of drug-likeness (QED) is 0.613. The van der Waals surface area contributed by atoms with Crippen molar-refractivity contribution in [1.29, 1.82) is 0 Å². The van der Waals surface area contributed by atoms with E-state index >= 15 is 0 Å². The molecule has 1 aromatic rings. The first-order valence-corrected chi connectivity index (χ1v) is 7.15. The maximum absolute atomic E-state index is 9.55. The SMILES string of the molecule is CN=C1NCC(c2c(Cl)cccc2Cl)N1.O=C(O)/C=C/C(=O)O. The van der Waals surface area contributed by atoms with Crippen LogP contribution in [0.25, 0.3) is 0 Å². The Morgan fingerprint density at radius 3 is 2.13 bits per heavy atom. The Morgan fingerprint density at radius 1 is 1.22 bits per heavy atom. The van der Waals surface area contributed by atoms with E-state index in [-0.39, 0.29) is 6.04 Å². The minimum atomic E-state index is -1.26. The second-order valence-corrected chi connectivity index (χ2v) is 5.11. The van der Waals surface area contributed by atoms with E-state index in [0.29, 0.717) is 22.2 Å². The lowest BCUT2D eigenvalue weighted by Gasteiger charge is -2.13. The Kier molecular flexibility index (Phi) is 7.37. The Morgan fingerprint density at radius 2 is 1.74 bits per heavy atom. The molecule has 2 rings (SSSR count). The monoisotopic (exact) mass is 359 g/mol. The zero-order valence-electron chi connectivity index (χ0n) is 12.1. The van der Waals surface area contributed by atoms with Crippen molar-refractivity contribution in [2.75, 3.05) is 13.6 Å². The molecule has 1 fully saturated rings. The highest BCUT2D eigenvalue weighted by Crippen LogP contribution is 2.30. The van der Waals surface area contributed by atoms with Gasteiger partial charge >= 0.3 is 11.9 Å². The fourth-order valence-corrected chi connectivity index (χ4v) is 2.43. The van der Waals surface area contributed by atoms with E-state index in [1.165, 1.54) is 0 Å². The third-order valence-electron chi connectivity index (χ3n) is 2.72. The molecular weight excluding hydrogens is 345 g/mol. The van der Waals surface area contributed by atoms with Crippen LogP contribution in [0.1, 0.15) is 11.6 Å². The second-order valence-electron chi connectivity index (χ2n) is 4.30. The zero-order valence-corrected chi connectivity index (χ0v) is 13.6. The minimum absolute atomic E-state index is 0.0879. The molecule has 1 saturated heterocycles. The van der Waals surface area contributed by atoms with Gasteiger partial charge in [0, 0.05) is 41.4 Å². The van der Waals surface area contributed by atoms with Crippen LogP contribution in [0, 0.1) is 0 Å². The van der Waals surface area contributed by atoms with Crippen LogP contribution in [-0.4, -0.2) is 41.7 Å². The van der Waals surface area contributed by atoms with E-state index in [9.17, 15) is 9.59 Å². The average Bonchev–Trinajstić information content (AvgIpc) is 2.94. The molecule has 1 aliphatic rings. The number of nitrogens with one attached hydrogen (secondary N) is 2. The van der Waals surface area contributed by atoms with Crippen LogP contribution in [0.3, 0.4) is 0 Å². The summed E-state index contributed by atoms with van der Waals surface area (Å²) in [5, 5.41) is 23.3. The number of aliphatic carboxylic acids is 2. The molecule has 1 aromatic carbocycles. The average molecular weight is 360 g/mol. The van der Waals surface area contributed by atoms with Gasteiger partial charge in [0.1, 0.15) is 0 Å². The highest BCUT2D eigenvalue weighted by molar-refractivity contribution is 6.36. The second kappa shape index (κ2) is 9.02. The van der Waals surface area contributed by atoms with Crippen molar-refractivity contribution in [3.05, 3.63) is 46.0 Å². The van der Waals surface area contributed by atoms with Gasteiger partial charge in [0.05, 0.1) is 6.04 Å². The number of aliphatic imine (C=N–C) groups is 1. The zero-order chi connectivity index (χ0) is 17.4. The Labute approximate surface area is 142 Å². The standard InChI is InChI=1S/C10H11Cl2N3.C4H4O4/c1-13-10-14-5-8(15-10)9-6(11)3-2-4-7(9)12;5-3(6)1-2-4(7)8/h2-4,8H,5H2,1H3,(H2,13,14,15);1-2H,(H,5,6)(H,7,8)/b;2-1+. The summed E-state index contributed by atoms with van der Waals surface area (Å²) < 4.78 is 0. The topological polar surface area (TPSA) is 111 Å². The first kappa shape index (κ1) is 18.8. The first-order chi connectivity index (χ1) is 10.8. The predicted octanol–water partition coefficient (Wildman–Crippen LogP) is 1.92. The molecule has 0 saturated carbocycles. The molecule has 0 aliphatic carbocycles. The summed E-state index contributed by atoms with van der Waals surface area (Å²) in [5.74, 6) is -1.74. The third kappa shape index (κ3) is 6.17. The van der Waals surface area contributed by atoms with Gasteiger partial charge in [0.2, 0.25) is 0 Å². The molecule has 1 unspecified atom stereocenters. The molecule has 9 heteroatoms. The summed E-state index contributed by atoms with van der Waals surface area (Å²) in [6.45, 7) is 0.746. The molecule has 0 radical (unpaired) electrons. The van der Waals surface area contributed by atoms with E-state index in [1.807, 2.05) is 18.2 Å². The van der Waals surface area contributed by atoms with Crippen LogP contribution >= 0.6 is 23.2 Å². The smallest absolute Gasteiger partial charge is 0.328 e. The molecule has 0 aromatic heterocycles. The molecule has 1 heterocycles. The molecule has 7 nitrogen and oxygen atoms in total. The van der Waals surface area contributed by atoms with Gasteiger partial charge in [0.15, 0.2) is 5.96 Å². The van der Waals surface area contributed by atoms with Gasteiger partial charge < -0.3 is 20.8 Å². The number of halogens is 2. The Hall–Kier alpha value is -2.25. The molecule has 124 valence electrons. The lowest BCUT2D eigenvalue weighted by molar-refractivity contribution is -0.134. The molecule has 4 N–H and O–H groups in total. The molecule has 1 atom stereocenters. The third-order valence-corrected chi connectivity index (χ3v) is 3.38. The van der Waals surface area contributed by atoms with E-state index in [2.05, 4.69) is 15.6 Å². The maximum Gasteiger partial charge on any atom is 0.328 e. The van der Waals surface area contributed by atoms with Crippen molar-refractivity contribution in [2.45, 2.75) is 6.04 Å². The number of carbonyl (C=O) groups is 2. The minimum Gasteiger partial charge on any atom is -0.478 e. The van der Waals surface area contributed by atoms with Crippen LogP contribution in [0.5, 0.6) is 0 Å². The molecular formula is C14H15Cl2N3O4. The largest absolute Gasteiger partial charge is 0.478 e. The normalized spacial score (nSPS) is 18.0. The van der Waals surface area contributed by atoms with Crippen molar-refractivity contribution in [1.82, 2.24) is 10.6 Å². The molecule has 1 aliphatic heterocycles. The van der Waals surface area contributed by atoms with Gasteiger partial charge in [-0.3, -0.25) is 4.99 Å². The number of guanidine groups is 1. The highest BCUT2D eigenvalue weighted by Gasteiger charge is 2.23. The van der Waals surface area contributed by atoms with Crippen molar-refractivity contribution in [3.63, 3.8) is 0 Å². The number of hydrogen-bond acceptors (Lipinski definition) is 3. The predicted molar refractivity (Wildman–Crippen MR) is 88.1 cm³/mol. The lowest BCUT2D eigenvalue weighted by Crippen LogP contribution is -2.24. The number of nitrogens with zero attached hydrogens (tertiary/aromatic N) is 1. The molecule has 23 heavy (non-hydrogen) atoms. The van der Waals surface area contributed by atoms with Crippen molar-refractivity contribution < 1.29 is 19.8 Å².